The smallest absolute Gasteiger partial charge is 0.336 e. The van der Waals surface area contributed by atoms with Crippen molar-refractivity contribution in [3.63, 3.8) is 0 Å². The summed E-state index contributed by atoms with van der Waals surface area (Å²) in [5, 5.41) is 2.97. The summed E-state index contributed by atoms with van der Waals surface area (Å²) in [4.78, 5) is 28.8. The summed E-state index contributed by atoms with van der Waals surface area (Å²) in [5.41, 5.74) is 2.13. The summed E-state index contributed by atoms with van der Waals surface area (Å²) in [6.07, 6.45) is 0. The summed E-state index contributed by atoms with van der Waals surface area (Å²) < 4.78 is 26.2. The molecule has 1 unspecified atom stereocenters. The SMILES string of the molecule is COC(=O)C1=C(C)NC(C)=C(C(=O)OCC(C)(C)CN(Cc2ccccc2)C(C)C)C1c1cccc(Cl)c1F. The van der Waals surface area contributed by atoms with Gasteiger partial charge in [-0.3, -0.25) is 4.90 Å². The number of esters is 2. The highest BCUT2D eigenvalue weighted by molar-refractivity contribution is 6.30. The maximum absolute atomic E-state index is 15.3. The Morgan fingerprint density at radius 3 is 2.23 bits per heavy atom. The summed E-state index contributed by atoms with van der Waals surface area (Å²) in [6, 6.07) is 15.0. The van der Waals surface area contributed by atoms with Crippen molar-refractivity contribution in [3.05, 3.63) is 93.0 Å². The van der Waals surface area contributed by atoms with Gasteiger partial charge in [-0.25, -0.2) is 14.0 Å². The van der Waals surface area contributed by atoms with Crippen LogP contribution in [0.4, 0.5) is 4.39 Å². The Bertz CT molecular complexity index is 1270. The van der Waals surface area contributed by atoms with Crippen LogP contribution in [0.3, 0.4) is 0 Å². The fourth-order valence-corrected chi connectivity index (χ4v) is 5.05. The van der Waals surface area contributed by atoms with Gasteiger partial charge in [0, 0.05) is 41.5 Å². The zero-order valence-electron chi connectivity index (χ0n) is 23.7. The number of carbonyl (C=O) groups excluding carboxylic acids is 2. The maximum atomic E-state index is 15.3. The number of halogens is 2. The van der Waals surface area contributed by atoms with Gasteiger partial charge in [0.1, 0.15) is 5.82 Å². The van der Waals surface area contributed by atoms with Crippen LogP contribution in [0.1, 0.15) is 58.6 Å². The van der Waals surface area contributed by atoms with Crippen LogP contribution in [0.15, 0.2) is 71.1 Å². The van der Waals surface area contributed by atoms with Gasteiger partial charge in [0.2, 0.25) is 0 Å². The van der Waals surface area contributed by atoms with E-state index in [1.165, 1.54) is 24.8 Å². The zero-order valence-corrected chi connectivity index (χ0v) is 24.5. The Labute approximate surface area is 235 Å². The Morgan fingerprint density at radius 2 is 1.64 bits per heavy atom. The maximum Gasteiger partial charge on any atom is 0.336 e. The number of allylic oxidation sites excluding steroid dienone is 2. The third kappa shape index (κ3) is 7.28. The molecule has 1 aliphatic heterocycles. The van der Waals surface area contributed by atoms with Crippen molar-refractivity contribution < 1.29 is 23.5 Å². The second-order valence-electron chi connectivity index (χ2n) is 11.0. The fourth-order valence-electron chi connectivity index (χ4n) is 4.87. The lowest BCUT2D eigenvalue weighted by atomic mass is 9.80. The second kappa shape index (κ2) is 12.8. The van der Waals surface area contributed by atoms with Crippen molar-refractivity contribution in [1.82, 2.24) is 10.2 Å². The first-order valence-corrected chi connectivity index (χ1v) is 13.4. The van der Waals surface area contributed by atoms with Crippen LogP contribution in [0.25, 0.3) is 0 Å². The van der Waals surface area contributed by atoms with Crippen LogP contribution in [0.2, 0.25) is 5.02 Å². The van der Waals surface area contributed by atoms with Crippen molar-refractivity contribution in [2.24, 2.45) is 5.41 Å². The molecule has 1 atom stereocenters. The van der Waals surface area contributed by atoms with E-state index >= 15 is 4.39 Å². The van der Waals surface area contributed by atoms with E-state index in [9.17, 15) is 9.59 Å². The molecular weight excluding hydrogens is 519 g/mol. The van der Waals surface area contributed by atoms with Gasteiger partial charge in [0.15, 0.2) is 0 Å². The average Bonchev–Trinajstić information content (AvgIpc) is 2.88. The number of carbonyl (C=O) groups is 2. The normalized spacial score (nSPS) is 16.0. The number of nitrogens with zero attached hydrogens (tertiary/aromatic N) is 1. The summed E-state index contributed by atoms with van der Waals surface area (Å²) in [5.74, 6) is -3.05. The molecule has 6 nitrogen and oxygen atoms in total. The molecule has 3 rings (SSSR count). The molecule has 1 heterocycles. The number of methoxy groups -OCH3 is 1. The molecule has 2 aromatic carbocycles. The first-order chi connectivity index (χ1) is 18.4. The van der Waals surface area contributed by atoms with E-state index in [2.05, 4.69) is 36.2 Å². The predicted octanol–water partition coefficient (Wildman–Crippen LogP) is 6.37. The second-order valence-corrected chi connectivity index (χ2v) is 11.4. The highest BCUT2D eigenvalue weighted by Crippen LogP contribution is 2.41. The third-order valence-corrected chi connectivity index (χ3v) is 7.15. The number of benzene rings is 2. The number of rotatable bonds is 10. The van der Waals surface area contributed by atoms with Gasteiger partial charge in [-0.2, -0.15) is 0 Å². The van der Waals surface area contributed by atoms with Crippen LogP contribution >= 0.6 is 11.6 Å². The number of hydrogen-bond donors (Lipinski definition) is 1. The number of ether oxygens (including phenoxy) is 2. The molecular formula is C31H38ClFN2O4. The molecule has 0 radical (unpaired) electrons. The van der Waals surface area contributed by atoms with Gasteiger partial charge in [-0.1, -0.05) is 67.9 Å². The first kappa shape index (κ1) is 30.4. The minimum Gasteiger partial charge on any atom is -0.466 e. The van der Waals surface area contributed by atoms with E-state index in [0.717, 1.165) is 6.54 Å². The van der Waals surface area contributed by atoms with Crippen LogP contribution < -0.4 is 5.32 Å². The fraction of sp³-hybridized carbons (Fsp3) is 0.419. The summed E-state index contributed by atoms with van der Waals surface area (Å²) in [6.45, 7) is 13.3. The van der Waals surface area contributed by atoms with Gasteiger partial charge in [0.25, 0.3) is 0 Å². The molecule has 0 aliphatic carbocycles. The highest BCUT2D eigenvalue weighted by atomic mass is 35.5. The average molecular weight is 557 g/mol. The number of dihydropyridines is 1. The minimum absolute atomic E-state index is 0.100. The summed E-state index contributed by atoms with van der Waals surface area (Å²) in [7, 11) is 1.25. The monoisotopic (exact) mass is 556 g/mol. The molecule has 210 valence electrons. The Kier molecular flexibility index (Phi) is 9.97. The molecule has 1 aliphatic rings. The molecule has 0 saturated heterocycles. The van der Waals surface area contributed by atoms with E-state index in [1.54, 1.807) is 19.9 Å². The number of hydrogen-bond acceptors (Lipinski definition) is 6. The molecule has 8 heteroatoms. The topological polar surface area (TPSA) is 67.9 Å². The lowest BCUT2D eigenvalue weighted by molar-refractivity contribution is -0.143. The lowest BCUT2D eigenvalue weighted by Gasteiger charge is -2.35. The van der Waals surface area contributed by atoms with E-state index in [0.29, 0.717) is 17.9 Å². The van der Waals surface area contributed by atoms with Gasteiger partial charge < -0.3 is 14.8 Å². The zero-order chi connectivity index (χ0) is 28.9. The molecule has 0 fully saturated rings. The number of nitrogens with one attached hydrogen (secondary N) is 1. The van der Waals surface area contributed by atoms with E-state index in [1.807, 2.05) is 32.0 Å². The molecule has 0 spiro atoms. The molecule has 39 heavy (non-hydrogen) atoms. The van der Waals surface area contributed by atoms with Crippen molar-refractivity contribution in [2.45, 2.75) is 60.0 Å². The van der Waals surface area contributed by atoms with Crippen LogP contribution in [0.5, 0.6) is 0 Å². The standard InChI is InChI=1S/C31H38ClFN2O4/c1-19(2)35(16-22-12-9-8-10-13-22)17-31(5,6)18-39-30(37)26-21(4)34-20(3)25(29(36)38-7)27(26)23-14-11-15-24(32)28(23)33/h8-15,19,27,34H,16-18H2,1-7H3. The summed E-state index contributed by atoms with van der Waals surface area (Å²) >= 11 is 6.09. The van der Waals surface area contributed by atoms with Crippen molar-refractivity contribution in [3.8, 4) is 0 Å². The molecule has 0 aromatic heterocycles. The van der Waals surface area contributed by atoms with E-state index in [-0.39, 0.29) is 39.8 Å². The first-order valence-electron chi connectivity index (χ1n) is 13.0. The Hall–Kier alpha value is -3.16. The molecule has 0 saturated carbocycles. The molecule has 1 N–H and O–H groups in total. The highest BCUT2D eigenvalue weighted by Gasteiger charge is 2.40. The molecule has 0 amide bonds. The van der Waals surface area contributed by atoms with Crippen molar-refractivity contribution in [1.29, 1.82) is 0 Å². The Balaban J connectivity index is 1.87. The lowest BCUT2D eigenvalue weighted by Crippen LogP contribution is -2.41. The molecule has 0 bridgehead atoms. The van der Waals surface area contributed by atoms with Crippen LogP contribution in [-0.2, 0) is 25.6 Å². The third-order valence-electron chi connectivity index (χ3n) is 6.86. The van der Waals surface area contributed by atoms with Crippen LogP contribution in [-0.4, -0.2) is 43.1 Å². The van der Waals surface area contributed by atoms with E-state index < -0.39 is 23.7 Å². The van der Waals surface area contributed by atoms with Gasteiger partial charge in [-0.05, 0) is 39.3 Å². The van der Waals surface area contributed by atoms with Gasteiger partial charge in [0.05, 0.1) is 35.8 Å². The van der Waals surface area contributed by atoms with Crippen molar-refractivity contribution >= 4 is 23.5 Å². The van der Waals surface area contributed by atoms with Gasteiger partial charge >= 0.3 is 11.9 Å². The van der Waals surface area contributed by atoms with Crippen LogP contribution in [0, 0.1) is 11.2 Å². The molecule has 2 aromatic rings. The minimum atomic E-state index is -1.04. The Morgan fingerprint density at radius 1 is 1.03 bits per heavy atom. The van der Waals surface area contributed by atoms with E-state index in [4.69, 9.17) is 21.1 Å². The van der Waals surface area contributed by atoms with Gasteiger partial charge in [-0.15, -0.1) is 0 Å². The van der Waals surface area contributed by atoms with Crippen molar-refractivity contribution in [2.75, 3.05) is 20.3 Å². The largest absolute Gasteiger partial charge is 0.466 e. The quantitative estimate of drug-likeness (QED) is 0.343. The predicted molar refractivity (Wildman–Crippen MR) is 151 cm³/mol.